The van der Waals surface area contributed by atoms with Crippen LogP contribution in [0.3, 0.4) is 0 Å². The van der Waals surface area contributed by atoms with Crippen molar-refractivity contribution in [3.63, 3.8) is 0 Å². The summed E-state index contributed by atoms with van der Waals surface area (Å²) in [5.41, 5.74) is 8.83. The van der Waals surface area contributed by atoms with Gasteiger partial charge in [0.1, 0.15) is 12.1 Å². The average Bonchev–Trinajstić information content (AvgIpc) is 3.09. The van der Waals surface area contributed by atoms with E-state index in [0.717, 1.165) is 50.1 Å². The first-order chi connectivity index (χ1) is 22.5. The fourth-order valence-corrected chi connectivity index (χ4v) is 5.60. The summed E-state index contributed by atoms with van der Waals surface area (Å²) in [6.45, 7) is 12.2. The van der Waals surface area contributed by atoms with Gasteiger partial charge in [0.25, 0.3) is 0 Å². The molecule has 232 valence electrons. The summed E-state index contributed by atoms with van der Waals surface area (Å²) in [4.78, 5) is 13.5. The summed E-state index contributed by atoms with van der Waals surface area (Å²) in [5, 5.41) is 19.9. The lowest BCUT2D eigenvalue weighted by Crippen LogP contribution is -2.23. The minimum absolute atomic E-state index is 0.0274. The van der Waals surface area contributed by atoms with Crippen molar-refractivity contribution in [3.05, 3.63) is 142 Å². The summed E-state index contributed by atoms with van der Waals surface area (Å²) in [5.74, 6) is 0. The fourth-order valence-electron chi connectivity index (χ4n) is 5.60. The van der Waals surface area contributed by atoms with E-state index in [0.29, 0.717) is 0 Å². The molecule has 6 nitrogen and oxygen atoms in total. The second-order valence-corrected chi connectivity index (χ2v) is 10.9. The van der Waals surface area contributed by atoms with Crippen molar-refractivity contribution < 1.29 is 0 Å². The van der Waals surface area contributed by atoms with Gasteiger partial charge in [0.2, 0.25) is 0 Å². The molecule has 4 rings (SSSR count). The number of rotatable bonds is 14. The molecule has 0 bridgehead atoms. The molecular weight excluding hydrogens is 564 g/mol. The quantitative estimate of drug-likeness (QED) is 0.107. The number of benzene rings is 4. The first-order valence-electron chi connectivity index (χ1n) is 16.0. The number of allylic oxidation sites excluding steroid dienone is 2. The predicted molar refractivity (Wildman–Crippen MR) is 192 cm³/mol. The van der Waals surface area contributed by atoms with Gasteiger partial charge in [-0.25, -0.2) is 9.98 Å². The van der Waals surface area contributed by atoms with E-state index in [9.17, 15) is 10.5 Å². The lowest BCUT2D eigenvalue weighted by Gasteiger charge is -2.24. The van der Waals surface area contributed by atoms with E-state index in [4.69, 9.17) is 0 Å². The zero-order valence-electron chi connectivity index (χ0n) is 27.3. The van der Waals surface area contributed by atoms with Crippen LogP contribution in [0.25, 0.3) is 0 Å². The van der Waals surface area contributed by atoms with E-state index in [1.807, 2.05) is 24.3 Å². The van der Waals surface area contributed by atoms with Crippen LogP contribution in [-0.4, -0.2) is 38.6 Å². The number of aliphatic imine (C=N–C) groups is 2. The van der Waals surface area contributed by atoms with E-state index in [2.05, 4.69) is 132 Å². The minimum atomic E-state index is -0.0274. The third-order valence-electron chi connectivity index (χ3n) is 8.01. The van der Waals surface area contributed by atoms with Crippen molar-refractivity contribution in [2.24, 2.45) is 9.98 Å². The topological polar surface area (TPSA) is 78.8 Å². The first kappa shape index (κ1) is 33.4. The summed E-state index contributed by atoms with van der Waals surface area (Å²) in [6.07, 6.45) is 4.84. The van der Waals surface area contributed by atoms with Gasteiger partial charge in [-0.15, -0.1) is 0 Å². The maximum Gasteiger partial charge on any atom is 0.176 e. The zero-order chi connectivity index (χ0) is 32.7. The number of hydrogen-bond acceptors (Lipinski definition) is 6. The summed E-state index contributed by atoms with van der Waals surface area (Å²) in [7, 11) is 0. The van der Waals surface area contributed by atoms with Gasteiger partial charge >= 0.3 is 0 Å². The number of anilines is 2. The molecule has 0 aromatic heterocycles. The Labute approximate surface area is 274 Å². The van der Waals surface area contributed by atoms with Crippen LogP contribution >= 0.6 is 0 Å². The van der Waals surface area contributed by atoms with Crippen LogP contribution in [-0.2, 0) is 12.8 Å². The molecule has 0 unspecified atom stereocenters. The minimum Gasteiger partial charge on any atom is -0.372 e. The second-order valence-electron chi connectivity index (χ2n) is 10.9. The largest absolute Gasteiger partial charge is 0.372 e. The van der Waals surface area contributed by atoms with E-state index in [-0.39, 0.29) is 11.4 Å². The molecule has 46 heavy (non-hydrogen) atoms. The van der Waals surface area contributed by atoms with Gasteiger partial charge in [0.15, 0.2) is 11.4 Å². The van der Waals surface area contributed by atoms with Gasteiger partial charge in [-0.05, 0) is 98.2 Å². The molecule has 0 spiro atoms. The van der Waals surface area contributed by atoms with Gasteiger partial charge in [0, 0.05) is 50.0 Å². The smallest absolute Gasteiger partial charge is 0.176 e. The van der Waals surface area contributed by atoms with Crippen LogP contribution in [0.5, 0.6) is 0 Å². The Bertz CT molecular complexity index is 1620. The van der Waals surface area contributed by atoms with Gasteiger partial charge in [-0.3, -0.25) is 0 Å². The normalized spacial score (nSPS) is 11.7. The highest BCUT2D eigenvalue weighted by atomic mass is 15.1. The van der Waals surface area contributed by atoms with Gasteiger partial charge < -0.3 is 9.80 Å². The Kier molecular flexibility index (Phi) is 12.5. The molecule has 6 heteroatoms. The SMILES string of the molecule is CCN(CC)c1ccc(C=N/C(C#N)=C(\C#N)N=Cc2ccc(N(CC)CC)c(Cc3ccccc3)c2)cc1Cc1ccccc1. The molecular formula is C40H42N6. The van der Waals surface area contributed by atoms with Crippen LogP contribution < -0.4 is 9.80 Å². The van der Waals surface area contributed by atoms with Crippen molar-refractivity contribution in [1.82, 2.24) is 0 Å². The molecule has 0 aliphatic carbocycles. The first-order valence-corrected chi connectivity index (χ1v) is 16.0. The molecule has 0 aliphatic heterocycles. The van der Waals surface area contributed by atoms with E-state index < -0.39 is 0 Å². The summed E-state index contributed by atoms with van der Waals surface area (Å²) >= 11 is 0. The highest BCUT2D eigenvalue weighted by molar-refractivity contribution is 5.84. The van der Waals surface area contributed by atoms with Crippen molar-refractivity contribution in [2.45, 2.75) is 40.5 Å². The molecule has 0 N–H and O–H groups in total. The van der Waals surface area contributed by atoms with Crippen molar-refractivity contribution >= 4 is 23.8 Å². The molecule has 0 saturated carbocycles. The third kappa shape index (κ3) is 8.80. The molecule has 0 fully saturated rings. The van der Waals surface area contributed by atoms with Crippen LogP contribution in [0.1, 0.15) is 61.1 Å². The van der Waals surface area contributed by atoms with Gasteiger partial charge in [-0.1, -0.05) is 72.8 Å². The number of hydrogen-bond donors (Lipinski definition) is 0. The van der Waals surface area contributed by atoms with Crippen molar-refractivity contribution in [1.29, 1.82) is 10.5 Å². The Morgan fingerprint density at radius 1 is 0.565 bits per heavy atom. The Morgan fingerprint density at radius 3 is 1.26 bits per heavy atom. The number of nitriles is 2. The standard InChI is InChI=1S/C40H42N6/c1-5-45(6-2)39-21-19-33(25-35(39)23-31-15-11-9-12-16-31)29-43-37(27-41)38(28-42)44-30-34-20-22-40(46(7-3)8-4)36(26-34)24-32-17-13-10-14-18-32/h9-22,25-26,29-30H,5-8,23-24H2,1-4H3/b38-37+,43-29?,44-30?. The highest BCUT2D eigenvalue weighted by Gasteiger charge is 2.12. The molecule has 0 aliphatic rings. The zero-order valence-corrected chi connectivity index (χ0v) is 27.3. The Morgan fingerprint density at radius 2 is 0.935 bits per heavy atom. The monoisotopic (exact) mass is 606 g/mol. The third-order valence-corrected chi connectivity index (χ3v) is 8.01. The molecule has 0 atom stereocenters. The van der Waals surface area contributed by atoms with E-state index >= 15 is 0 Å². The van der Waals surface area contributed by atoms with Gasteiger partial charge in [-0.2, -0.15) is 10.5 Å². The summed E-state index contributed by atoms with van der Waals surface area (Å²) in [6, 6.07) is 37.4. The molecule has 0 amide bonds. The lowest BCUT2D eigenvalue weighted by molar-refractivity contribution is 0.858. The maximum atomic E-state index is 9.93. The van der Waals surface area contributed by atoms with Crippen molar-refractivity contribution in [3.8, 4) is 12.1 Å². The van der Waals surface area contributed by atoms with Crippen molar-refractivity contribution in [2.75, 3.05) is 36.0 Å². The molecule has 0 heterocycles. The maximum absolute atomic E-state index is 9.93. The van der Waals surface area contributed by atoms with Crippen LogP contribution in [0.4, 0.5) is 11.4 Å². The van der Waals surface area contributed by atoms with Crippen LogP contribution in [0.2, 0.25) is 0 Å². The molecule has 4 aromatic rings. The number of nitrogens with zero attached hydrogens (tertiary/aromatic N) is 6. The fraction of sp³-hybridized carbons (Fsp3) is 0.250. The lowest BCUT2D eigenvalue weighted by atomic mass is 10.00. The predicted octanol–water partition coefficient (Wildman–Crippen LogP) is 8.36. The van der Waals surface area contributed by atoms with Gasteiger partial charge in [0.05, 0.1) is 0 Å². The molecule has 0 saturated heterocycles. The highest BCUT2D eigenvalue weighted by Crippen LogP contribution is 2.26. The van der Waals surface area contributed by atoms with Crippen LogP contribution in [0.15, 0.2) is 118 Å². The molecule has 0 radical (unpaired) electrons. The molecule has 4 aromatic carbocycles. The van der Waals surface area contributed by atoms with Crippen LogP contribution in [0, 0.1) is 22.7 Å². The second kappa shape index (κ2) is 17.1. The Balaban J connectivity index is 1.64. The average molecular weight is 607 g/mol. The Hall–Kier alpha value is -5.46. The van der Waals surface area contributed by atoms with E-state index in [1.165, 1.54) is 33.6 Å². The van der Waals surface area contributed by atoms with E-state index in [1.54, 1.807) is 12.4 Å². The summed E-state index contributed by atoms with van der Waals surface area (Å²) < 4.78 is 0.